The molecule has 1 aromatic carbocycles. The van der Waals surface area contributed by atoms with Crippen molar-refractivity contribution in [2.45, 2.75) is 6.92 Å². The number of rotatable bonds is 5. The lowest BCUT2D eigenvalue weighted by atomic mass is 10.2. The SMILES string of the molecule is CC(CO)COc1cccc(C=O)c1. The molecule has 0 aliphatic carbocycles. The molecule has 76 valence electrons. The smallest absolute Gasteiger partial charge is 0.150 e. The van der Waals surface area contributed by atoms with Crippen LogP contribution in [0.25, 0.3) is 0 Å². The molecule has 0 saturated carbocycles. The summed E-state index contributed by atoms with van der Waals surface area (Å²) in [4.78, 5) is 10.5. The minimum Gasteiger partial charge on any atom is -0.493 e. The second kappa shape index (κ2) is 5.40. The van der Waals surface area contributed by atoms with Gasteiger partial charge in [-0.15, -0.1) is 0 Å². The molecule has 0 bridgehead atoms. The van der Waals surface area contributed by atoms with E-state index in [-0.39, 0.29) is 12.5 Å². The number of aliphatic hydroxyl groups excluding tert-OH is 1. The summed E-state index contributed by atoms with van der Waals surface area (Å²) in [5, 5.41) is 8.78. The molecule has 0 amide bonds. The maximum absolute atomic E-state index is 10.5. The van der Waals surface area contributed by atoms with Crippen LogP contribution in [0.4, 0.5) is 0 Å². The van der Waals surface area contributed by atoms with Gasteiger partial charge >= 0.3 is 0 Å². The third-order valence-electron chi connectivity index (χ3n) is 1.84. The summed E-state index contributed by atoms with van der Waals surface area (Å²) < 4.78 is 5.38. The second-order valence-electron chi connectivity index (χ2n) is 3.29. The average molecular weight is 194 g/mol. The van der Waals surface area contributed by atoms with Gasteiger partial charge in [-0.3, -0.25) is 4.79 Å². The van der Waals surface area contributed by atoms with Gasteiger partial charge in [0.05, 0.1) is 6.61 Å². The number of hydrogen-bond acceptors (Lipinski definition) is 3. The summed E-state index contributed by atoms with van der Waals surface area (Å²) in [7, 11) is 0. The highest BCUT2D eigenvalue weighted by Gasteiger charge is 2.01. The summed E-state index contributed by atoms with van der Waals surface area (Å²) in [6.07, 6.45) is 0.780. The molecule has 1 unspecified atom stereocenters. The quantitative estimate of drug-likeness (QED) is 0.722. The number of ether oxygens (including phenoxy) is 1. The van der Waals surface area contributed by atoms with Gasteiger partial charge in [-0.1, -0.05) is 19.1 Å². The lowest BCUT2D eigenvalue weighted by Gasteiger charge is -2.10. The van der Waals surface area contributed by atoms with Gasteiger partial charge in [-0.25, -0.2) is 0 Å². The van der Waals surface area contributed by atoms with Crippen LogP contribution in [0.15, 0.2) is 24.3 Å². The first kappa shape index (κ1) is 10.7. The predicted molar refractivity (Wildman–Crippen MR) is 53.6 cm³/mol. The molecule has 0 saturated heterocycles. The van der Waals surface area contributed by atoms with Crippen LogP contribution in [-0.2, 0) is 0 Å². The fraction of sp³-hybridized carbons (Fsp3) is 0.364. The first-order valence-corrected chi connectivity index (χ1v) is 4.55. The van der Waals surface area contributed by atoms with Crippen molar-refractivity contribution in [2.24, 2.45) is 5.92 Å². The van der Waals surface area contributed by atoms with Crippen LogP contribution in [0.5, 0.6) is 5.75 Å². The lowest BCUT2D eigenvalue weighted by Crippen LogP contribution is -2.12. The Balaban J connectivity index is 2.54. The van der Waals surface area contributed by atoms with Crippen molar-refractivity contribution in [3.05, 3.63) is 29.8 Å². The van der Waals surface area contributed by atoms with Gasteiger partial charge in [0.1, 0.15) is 12.0 Å². The normalized spacial score (nSPS) is 12.1. The van der Waals surface area contributed by atoms with Crippen molar-refractivity contribution < 1.29 is 14.6 Å². The molecule has 3 heteroatoms. The number of aliphatic hydroxyl groups is 1. The fourth-order valence-electron chi connectivity index (χ4n) is 0.969. The third kappa shape index (κ3) is 3.18. The second-order valence-corrected chi connectivity index (χ2v) is 3.29. The Hall–Kier alpha value is -1.35. The van der Waals surface area contributed by atoms with Crippen molar-refractivity contribution >= 4 is 6.29 Å². The van der Waals surface area contributed by atoms with Gasteiger partial charge in [0.15, 0.2) is 0 Å². The van der Waals surface area contributed by atoms with Crippen molar-refractivity contribution in [2.75, 3.05) is 13.2 Å². The zero-order valence-electron chi connectivity index (χ0n) is 8.14. The maximum Gasteiger partial charge on any atom is 0.150 e. The van der Waals surface area contributed by atoms with Gasteiger partial charge in [0, 0.05) is 18.1 Å². The minimum atomic E-state index is 0.105. The highest BCUT2D eigenvalue weighted by Crippen LogP contribution is 2.12. The predicted octanol–water partition coefficient (Wildman–Crippen LogP) is 1.51. The number of carbonyl (C=O) groups excluding carboxylic acids is 1. The highest BCUT2D eigenvalue weighted by molar-refractivity contribution is 5.75. The Labute approximate surface area is 83.3 Å². The van der Waals surface area contributed by atoms with E-state index in [4.69, 9.17) is 9.84 Å². The molecule has 1 aromatic rings. The zero-order valence-corrected chi connectivity index (χ0v) is 8.14. The Kier molecular flexibility index (Phi) is 4.13. The van der Waals surface area contributed by atoms with Crippen molar-refractivity contribution in [1.82, 2.24) is 0 Å². The molecule has 0 aliphatic rings. The van der Waals surface area contributed by atoms with Gasteiger partial charge in [-0.05, 0) is 12.1 Å². The van der Waals surface area contributed by atoms with Crippen LogP contribution < -0.4 is 4.74 Å². The zero-order chi connectivity index (χ0) is 10.4. The first-order valence-electron chi connectivity index (χ1n) is 4.55. The molecule has 0 fully saturated rings. The summed E-state index contributed by atoms with van der Waals surface area (Å²) in [5.74, 6) is 0.768. The van der Waals surface area contributed by atoms with Crippen molar-refractivity contribution in [1.29, 1.82) is 0 Å². The Morgan fingerprint density at radius 2 is 2.36 bits per heavy atom. The number of hydrogen-bond donors (Lipinski definition) is 1. The van der Waals surface area contributed by atoms with Crippen molar-refractivity contribution in [3.8, 4) is 5.75 Å². The summed E-state index contributed by atoms with van der Waals surface area (Å²) in [6.45, 7) is 2.45. The molecule has 1 rings (SSSR count). The minimum absolute atomic E-state index is 0.105. The van der Waals surface area contributed by atoms with Gasteiger partial charge < -0.3 is 9.84 Å². The monoisotopic (exact) mass is 194 g/mol. The largest absolute Gasteiger partial charge is 0.493 e. The van der Waals surface area contributed by atoms with Gasteiger partial charge in [0.25, 0.3) is 0 Å². The van der Waals surface area contributed by atoms with Crippen molar-refractivity contribution in [3.63, 3.8) is 0 Å². The van der Waals surface area contributed by atoms with Crippen LogP contribution >= 0.6 is 0 Å². The molecule has 0 radical (unpaired) electrons. The lowest BCUT2D eigenvalue weighted by molar-refractivity contribution is 0.112. The van der Waals surface area contributed by atoms with Crippen LogP contribution in [0.3, 0.4) is 0 Å². The molecule has 0 heterocycles. The van der Waals surface area contributed by atoms with E-state index in [2.05, 4.69) is 0 Å². The number of benzene rings is 1. The Morgan fingerprint density at radius 3 is 3.00 bits per heavy atom. The van der Waals surface area contributed by atoms with Crippen LogP contribution in [0, 0.1) is 5.92 Å². The fourth-order valence-corrected chi connectivity index (χ4v) is 0.969. The van der Waals surface area contributed by atoms with Gasteiger partial charge in [0.2, 0.25) is 0 Å². The number of carbonyl (C=O) groups is 1. The van der Waals surface area contributed by atoms with E-state index < -0.39 is 0 Å². The summed E-state index contributed by atoms with van der Waals surface area (Å²) >= 11 is 0. The van der Waals surface area contributed by atoms with E-state index in [9.17, 15) is 4.79 Å². The van der Waals surface area contributed by atoms with Gasteiger partial charge in [-0.2, -0.15) is 0 Å². The van der Waals surface area contributed by atoms with Crippen LogP contribution in [0.1, 0.15) is 17.3 Å². The topological polar surface area (TPSA) is 46.5 Å². The van der Waals surface area contributed by atoms with E-state index in [0.717, 1.165) is 6.29 Å². The molecule has 1 N–H and O–H groups in total. The first-order chi connectivity index (χ1) is 6.76. The summed E-state index contributed by atoms with van der Waals surface area (Å²) in [6, 6.07) is 6.95. The number of aldehydes is 1. The van der Waals surface area contributed by atoms with Crippen LogP contribution in [0.2, 0.25) is 0 Å². The summed E-state index contributed by atoms with van der Waals surface area (Å²) in [5.41, 5.74) is 0.596. The third-order valence-corrected chi connectivity index (χ3v) is 1.84. The highest BCUT2D eigenvalue weighted by atomic mass is 16.5. The van der Waals surface area contributed by atoms with E-state index in [1.165, 1.54) is 0 Å². The molecule has 0 aliphatic heterocycles. The standard InChI is InChI=1S/C11H14O3/c1-9(6-12)8-14-11-4-2-3-10(5-11)7-13/h2-5,7,9,12H,6,8H2,1H3. The molecular weight excluding hydrogens is 180 g/mol. The van der Waals surface area contributed by atoms with E-state index >= 15 is 0 Å². The maximum atomic E-state index is 10.5. The van der Waals surface area contributed by atoms with E-state index in [1.54, 1.807) is 24.3 Å². The molecule has 0 spiro atoms. The average Bonchev–Trinajstić information content (AvgIpc) is 2.26. The van der Waals surface area contributed by atoms with Crippen LogP contribution in [-0.4, -0.2) is 24.6 Å². The Bertz CT molecular complexity index is 296. The molecule has 0 aromatic heterocycles. The van der Waals surface area contributed by atoms with E-state index in [0.29, 0.717) is 17.9 Å². The molecule has 1 atom stereocenters. The molecule has 14 heavy (non-hydrogen) atoms. The molecular formula is C11H14O3. The molecule has 3 nitrogen and oxygen atoms in total. The Morgan fingerprint density at radius 1 is 1.57 bits per heavy atom. The van der Waals surface area contributed by atoms with E-state index in [1.807, 2.05) is 6.92 Å².